The summed E-state index contributed by atoms with van der Waals surface area (Å²) in [6.45, 7) is 0.438. The Bertz CT molecular complexity index is 1450. The number of thioether (sulfide) groups is 1. The highest BCUT2D eigenvalue weighted by molar-refractivity contribution is 8.00. The molecule has 2 aliphatic heterocycles. The number of benzene rings is 2. The number of aromatic nitrogens is 2. The summed E-state index contributed by atoms with van der Waals surface area (Å²) in [6.07, 6.45) is 2.04. The Morgan fingerprint density at radius 1 is 0.969 bits per heavy atom. The van der Waals surface area contributed by atoms with Crippen molar-refractivity contribution in [1.82, 2.24) is 14.5 Å². The summed E-state index contributed by atoms with van der Waals surface area (Å²) in [5.74, 6) is -1.41. The molecule has 2 aromatic carbocycles. The van der Waals surface area contributed by atoms with Crippen molar-refractivity contribution in [3.8, 4) is 0 Å². The number of nitrogens with one attached hydrogen (secondary N) is 1. The SMILES string of the molecule is Cn1cc([C@@H]2c3sc(=O)n(Cc4ccccc4)c3S[C@H]3C(=O)NC(=O)[C@@H]23)c2ccccc21. The largest absolute Gasteiger partial charge is 0.350 e. The molecule has 1 N–H and O–H groups in total. The first-order chi connectivity index (χ1) is 15.5. The molecular weight excluding hydrogens is 442 g/mol. The number of nitrogens with zero attached hydrogens (tertiary/aromatic N) is 2. The molecule has 0 unspecified atom stereocenters. The van der Waals surface area contributed by atoms with Crippen LogP contribution in [-0.2, 0) is 23.2 Å². The number of para-hydroxylation sites is 1. The number of hydrogen-bond acceptors (Lipinski definition) is 5. The zero-order valence-electron chi connectivity index (χ0n) is 17.1. The summed E-state index contributed by atoms with van der Waals surface area (Å²) in [5.41, 5.74) is 3.06. The van der Waals surface area contributed by atoms with Crippen LogP contribution in [-0.4, -0.2) is 26.2 Å². The Kier molecular flexibility index (Phi) is 4.41. The minimum Gasteiger partial charge on any atom is -0.350 e. The maximum atomic E-state index is 13.1. The molecule has 4 aromatic rings. The van der Waals surface area contributed by atoms with Crippen LogP contribution in [0.5, 0.6) is 0 Å². The van der Waals surface area contributed by atoms with Gasteiger partial charge in [-0.3, -0.25) is 24.3 Å². The van der Waals surface area contributed by atoms with Gasteiger partial charge in [0.25, 0.3) is 0 Å². The molecule has 0 aliphatic carbocycles. The Morgan fingerprint density at radius 3 is 2.53 bits per heavy atom. The second-order valence-electron chi connectivity index (χ2n) is 8.22. The van der Waals surface area contributed by atoms with E-state index in [1.54, 1.807) is 4.57 Å². The highest BCUT2D eigenvalue weighted by atomic mass is 32.2. The van der Waals surface area contributed by atoms with Gasteiger partial charge in [-0.15, -0.1) is 0 Å². The third-order valence-electron chi connectivity index (χ3n) is 6.33. The predicted molar refractivity (Wildman–Crippen MR) is 125 cm³/mol. The first-order valence-electron chi connectivity index (χ1n) is 10.4. The van der Waals surface area contributed by atoms with Gasteiger partial charge in [0.05, 0.1) is 17.5 Å². The summed E-state index contributed by atoms with van der Waals surface area (Å²) in [6, 6.07) is 17.9. The van der Waals surface area contributed by atoms with Crippen molar-refractivity contribution in [3.05, 3.63) is 86.5 Å². The summed E-state index contributed by atoms with van der Waals surface area (Å²) < 4.78 is 3.80. The topological polar surface area (TPSA) is 73.1 Å². The number of carbonyl (C=O) groups is 2. The normalized spacial score (nSPS) is 22.1. The maximum Gasteiger partial charge on any atom is 0.308 e. The summed E-state index contributed by atoms with van der Waals surface area (Å²) in [7, 11) is 1.98. The molecule has 3 atom stereocenters. The Balaban J connectivity index is 1.58. The van der Waals surface area contributed by atoms with Gasteiger partial charge in [0.15, 0.2) is 0 Å². The van der Waals surface area contributed by atoms with Crippen molar-refractivity contribution in [3.63, 3.8) is 0 Å². The number of amides is 2. The summed E-state index contributed by atoms with van der Waals surface area (Å²) in [4.78, 5) is 39.5. The highest BCUT2D eigenvalue weighted by Crippen LogP contribution is 2.52. The molecule has 1 fully saturated rings. The van der Waals surface area contributed by atoms with E-state index in [0.717, 1.165) is 31.9 Å². The molecule has 2 aromatic heterocycles. The van der Waals surface area contributed by atoms with Crippen molar-refractivity contribution in [2.75, 3.05) is 0 Å². The Hall–Kier alpha value is -3.10. The number of thiazole rings is 1. The van der Waals surface area contributed by atoms with Crippen LogP contribution in [0.3, 0.4) is 0 Å². The fourth-order valence-corrected chi connectivity index (χ4v) is 7.63. The number of imide groups is 1. The molecule has 0 spiro atoms. The van der Waals surface area contributed by atoms with Crippen LogP contribution in [0.1, 0.15) is 21.9 Å². The summed E-state index contributed by atoms with van der Waals surface area (Å²) in [5, 5.41) is 3.83. The Morgan fingerprint density at radius 2 is 1.72 bits per heavy atom. The molecule has 2 amide bonds. The molecule has 32 heavy (non-hydrogen) atoms. The molecule has 0 saturated carbocycles. The first-order valence-corrected chi connectivity index (χ1v) is 12.1. The predicted octanol–water partition coefficient (Wildman–Crippen LogP) is 3.33. The number of carbonyl (C=O) groups excluding carboxylic acids is 2. The van der Waals surface area contributed by atoms with Crippen molar-refractivity contribution in [2.24, 2.45) is 13.0 Å². The van der Waals surface area contributed by atoms with Crippen LogP contribution in [0.25, 0.3) is 10.9 Å². The molecule has 8 heteroatoms. The quantitative estimate of drug-likeness (QED) is 0.475. The molecule has 6 nitrogen and oxygen atoms in total. The van der Waals surface area contributed by atoms with Gasteiger partial charge in [-0.2, -0.15) is 0 Å². The summed E-state index contributed by atoms with van der Waals surface area (Å²) >= 11 is 2.55. The zero-order valence-corrected chi connectivity index (χ0v) is 18.8. The lowest BCUT2D eigenvalue weighted by Gasteiger charge is -2.30. The van der Waals surface area contributed by atoms with Gasteiger partial charge in [-0.05, 0) is 17.2 Å². The van der Waals surface area contributed by atoms with Crippen LogP contribution in [0.2, 0.25) is 0 Å². The van der Waals surface area contributed by atoms with E-state index in [9.17, 15) is 14.4 Å². The highest BCUT2D eigenvalue weighted by Gasteiger charge is 2.53. The van der Waals surface area contributed by atoms with Crippen molar-refractivity contribution in [2.45, 2.75) is 22.7 Å². The van der Waals surface area contributed by atoms with Gasteiger partial charge >= 0.3 is 4.87 Å². The van der Waals surface area contributed by atoms with Gasteiger partial charge in [0.2, 0.25) is 11.8 Å². The van der Waals surface area contributed by atoms with Gasteiger partial charge < -0.3 is 4.57 Å². The van der Waals surface area contributed by atoms with Gasteiger partial charge in [0.1, 0.15) is 5.25 Å². The maximum absolute atomic E-state index is 13.1. The lowest BCUT2D eigenvalue weighted by Crippen LogP contribution is -2.32. The molecule has 6 rings (SSSR count). The lowest BCUT2D eigenvalue weighted by molar-refractivity contribution is -0.125. The number of fused-ring (bicyclic) bond motifs is 3. The van der Waals surface area contributed by atoms with Crippen molar-refractivity contribution in [1.29, 1.82) is 0 Å². The zero-order chi connectivity index (χ0) is 22.0. The van der Waals surface area contributed by atoms with E-state index >= 15 is 0 Å². The number of hydrogen-bond donors (Lipinski definition) is 1. The standard InChI is InChI=1S/C24H19N3O3S2/c1-26-12-15(14-9-5-6-10-16(14)26)17-18-19(22(29)25-21(18)28)31-23-20(17)32-24(30)27(23)11-13-7-3-2-4-8-13/h2-10,12,17-19H,11H2,1H3,(H,25,28,29)/t17-,18-,19+/m0/s1. The molecule has 2 aliphatic rings. The average molecular weight is 462 g/mol. The third-order valence-corrected chi connectivity index (χ3v) is 8.95. The van der Waals surface area contributed by atoms with E-state index in [2.05, 4.69) is 5.32 Å². The van der Waals surface area contributed by atoms with Gasteiger partial charge in [-0.25, -0.2) is 0 Å². The molecular formula is C24H19N3O3S2. The smallest absolute Gasteiger partial charge is 0.308 e. The van der Waals surface area contributed by atoms with E-state index in [4.69, 9.17) is 0 Å². The minimum absolute atomic E-state index is 0.0654. The van der Waals surface area contributed by atoms with Crippen molar-refractivity contribution >= 4 is 45.8 Å². The van der Waals surface area contributed by atoms with Gasteiger partial charge in [-0.1, -0.05) is 71.6 Å². The van der Waals surface area contributed by atoms with Crippen LogP contribution in [0.15, 0.2) is 70.6 Å². The number of rotatable bonds is 3. The molecule has 160 valence electrons. The number of aryl methyl sites for hydroxylation is 1. The van der Waals surface area contributed by atoms with Crippen molar-refractivity contribution < 1.29 is 9.59 Å². The second kappa shape index (κ2) is 7.21. The van der Waals surface area contributed by atoms with Crippen LogP contribution >= 0.6 is 23.1 Å². The van der Waals surface area contributed by atoms with E-state index in [0.29, 0.717) is 6.54 Å². The second-order valence-corrected chi connectivity index (χ2v) is 10.3. The average Bonchev–Trinajstić information content (AvgIpc) is 3.39. The van der Waals surface area contributed by atoms with Crippen LogP contribution < -0.4 is 10.2 Å². The van der Waals surface area contributed by atoms with E-state index in [1.165, 1.54) is 23.1 Å². The molecule has 1 saturated heterocycles. The fourth-order valence-electron chi connectivity index (χ4n) is 4.90. The third kappa shape index (κ3) is 2.83. The van der Waals surface area contributed by atoms with E-state index in [-0.39, 0.29) is 22.6 Å². The molecule has 4 heterocycles. The van der Waals surface area contributed by atoms with E-state index < -0.39 is 11.2 Å². The van der Waals surface area contributed by atoms with Crippen LogP contribution in [0.4, 0.5) is 0 Å². The van der Waals surface area contributed by atoms with E-state index in [1.807, 2.05) is 72.4 Å². The Labute approximate surface area is 191 Å². The fraction of sp³-hybridized carbons (Fsp3) is 0.208. The monoisotopic (exact) mass is 461 g/mol. The van der Waals surface area contributed by atoms with Crippen LogP contribution in [0, 0.1) is 5.92 Å². The first kappa shape index (κ1) is 19.6. The molecule has 0 radical (unpaired) electrons. The molecule has 0 bridgehead atoms. The lowest BCUT2D eigenvalue weighted by atomic mass is 9.83. The minimum atomic E-state index is -0.546. The van der Waals surface area contributed by atoms with Gasteiger partial charge in [0, 0.05) is 34.9 Å².